The van der Waals surface area contributed by atoms with E-state index in [2.05, 4.69) is 42.2 Å². The van der Waals surface area contributed by atoms with Crippen LogP contribution >= 0.6 is 25.8 Å². The van der Waals surface area contributed by atoms with Crippen molar-refractivity contribution in [3.8, 4) is 0 Å². The smallest absolute Gasteiger partial charge is 0.386 e. The predicted octanol–water partition coefficient (Wildman–Crippen LogP) is -0.683. The third-order valence-electron chi connectivity index (χ3n) is 8.00. The average Bonchev–Trinajstić information content (AvgIpc) is 3.76. The molecular formula is C22H29N11O10P2S2. The third-order valence-corrected chi connectivity index (χ3v) is 11.2. The van der Waals surface area contributed by atoms with E-state index in [1.165, 1.54) is 28.1 Å². The van der Waals surface area contributed by atoms with E-state index in [-0.39, 0.29) is 53.7 Å². The maximum Gasteiger partial charge on any atom is 0.386 e. The number of imidazole rings is 2. The van der Waals surface area contributed by atoms with Crippen molar-refractivity contribution >= 4 is 71.7 Å². The first-order valence-corrected chi connectivity index (χ1v) is 19.3. The Morgan fingerprint density at radius 1 is 1.00 bits per heavy atom. The van der Waals surface area contributed by atoms with Gasteiger partial charge in [-0.3, -0.25) is 32.5 Å². The van der Waals surface area contributed by atoms with Crippen molar-refractivity contribution < 1.29 is 42.1 Å². The van der Waals surface area contributed by atoms with Crippen molar-refractivity contribution in [2.45, 2.75) is 49.4 Å². The number of anilines is 2. The average molecular weight is 734 g/mol. The van der Waals surface area contributed by atoms with E-state index in [0.717, 1.165) is 0 Å². The van der Waals surface area contributed by atoms with E-state index >= 15 is 0 Å². The minimum absolute atomic E-state index is 0.0343. The normalized spacial score (nSPS) is 36.6. The number of hydrogen-bond acceptors (Lipinski definition) is 18. The summed E-state index contributed by atoms with van der Waals surface area (Å²) in [6.07, 6.45) is -4.18. The number of H-pyrrole nitrogens is 1. The van der Waals surface area contributed by atoms with E-state index in [1.54, 1.807) is 0 Å². The Kier molecular flexibility index (Phi) is 8.65. The number of aliphatic hydroxyl groups excluding tert-OH is 1. The summed E-state index contributed by atoms with van der Waals surface area (Å²) in [5.41, 5.74) is 17.6. The lowest BCUT2D eigenvalue weighted by Gasteiger charge is -2.27. The van der Waals surface area contributed by atoms with Gasteiger partial charge in [-0.25, -0.2) is 24.5 Å². The third kappa shape index (κ3) is 6.09. The van der Waals surface area contributed by atoms with Gasteiger partial charge in [-0.05, 0) is 24.8 Å². The molecule has 0 aliphatic carbocycles. The van der Waals surface area contributed by atoms with Crippen LogP contribution in [0.3, 0.4) is 0 Å². The number of thiol groups is 1. The van der Waals surface area contributed by atoms with Crippen LogP contribution < -0.4 is 22.8 Å². The zero-order chi connectivity index (χ0) is 33.2. The van der Waals surface area contributed by atoms with Gasteiger partial charge in [0.15, 0.2) is 35.1 Å². The lowest BCUT2D eigenvalue weighted by atomic mass is 9.94. The molecule has 3 saturated heterocycles. The summed E-state index contributed by atoms with van der Waals surface area (Å²) in [5.74, 6) is -0.697. The van der Waals surface area contributed by atoms with E-state index in [1.807, 2.05) is 0 Å². The molecule has 7 heterocycles. The standard InChI is InChI=1S/C22H29N11O10P2S2/c23-2-1-8-9-3-38-45(37,47)43-15-10(41-20(13(15)34)32-6-28-11-16(24)26-5-27-17(11)32)4-39-44(36,46)42-14(8)21(40-9)33-7-29-12-18(33)30-22(25)31-19(12)35/h5-10,13-15,20-21,34H,1-4,23H2,(H,36,46)(H,37,47)(H2,24,26,27)(H3,25,30,31,35)/t8?,9-,10-,13?,14+,15+,20-,21-,44?,45?/m1/s1. The van der Waals surface area contributed by atoms with E-state index in [9.17, 15) is 19.4 Å². The molecule has 4 unspecified atom stereocenters. The molecule has 254 valence electrons. The van der Waals surface area contributed by atoms with Gasteiger partial charge >= 0.3 is 13.5 Å². The predicted molar refractivity (Wildman–Crippen MR) is 168 cm³/mol. The number of nitrogens with one attached hydrogen (secondary N) is 1. The highest BCUT2D eigenvalue weighted by molar-refractivity contribution is 8.44. The van der Waals surface area contributed by atoms with Crippen LogP contribution in [0.1, 0.15) is 18.9 Å². The fourth-order valence-electron chi connectivity index (χ4n) is 5.94. The molecule has 2 bridgehead atoms. The molecule has 4 aromatic rings. The molecule has 0 spiro atoms. The largest absolute Gasteiger partial charge is 0.386 e. The van der Waals surface area contributed by atoms with Crippen LogP contribution in [0, 0.1) is 5.92 Å². The molecule has 3 fully saturated rings. The van der Waals surface area contributed by atoms with E-state index < -0.39 is 74.6 Å². The SMILES string of the molecule is NCCC1[C@H]2COP(O)(=S)O[C@@H]3C(O)[C@H](n4cnc5c(N)ncnc54)O[C@@H]3COP(=O)(S)O[C@@H]1[C@H](n1cnc3c(=O)[nH]c(N)nc31)O2. The second kappa shape index (κ2) is 12.4. The lowest BCUT2D eigenvalue weighted by Crippen LogP contribution is -2.36. The van der Waals surface area contributed by atoms with Crippen molar-refractivity contribution in [2.75, 3.05) is 31.2 Å². The Bertz CT molecular complexity index is 1980. The van der Waals surface area contributed by atoms with Crippen LogP contribution in [-0.2, 0) is 43.9 Å². The Morgan fingerprint density at radius 2 is 1.70 bits per heavy atom. The van der Waals surface area contributed by atoms with Gasteiger partial charge < -0.3 is 41.2 Å². The summed E-state index contributed by atoms with van der Waals surface area (Å²) in [5, 5.41) is 11.4. The topological polar surface area (TPSA) is 298 Å². The summed E-state index contributed by atoms with van der Waals surface area (Å²) >= 11 is 9.56. The van der Waals surface area contributed by atoms with Gasteiger partial charge in [-0.15, -0.1) is 0 Å². The number of aliphatic hydroxyl groups is 1. The van der Waals surface area contributed by atoms with Crippen LogP contribution in [-0.4, -0.2) is 99.3 Å². The second-order valence-corrected chi connectivity index (χ2v) is 16.6. The highest BCUT2D eigenvalue weighted by Gasteiger charge is 2.53. The first kappa shape index (κ1) is 32.9. The van der Waals surface area contributed by atoms with Gasteiger partial charge in [0.25, 0.3) is 5.56 Å². The Balaban J connectivity index is 1.23. The zero-order valence-corrected chi connectivity index (χ0v) is 27.5. The number of fused-ring (bicyclic) bond motifs is 5. The van der Waals surface area contributed by atoms with Crippen LogP contribution in [0.5, 0.6) is 0 Å². The summed E-state index contributed by atoms with van der Waals surface area (Å²) in [7, 11) is 0. The fourth-order valence-corrected chi connectivity index (χ4v) is 8.88. The minimum Gasteiger partial charge on any atom is -0.386 e. The monoisotopic (exact) mass is 733 g/mol. The molecule has 0 saturated carbocycles. The van der Waals surface area contributed by atoms with Crippen LogP contribution in [0.25, 0.3) is 22.3 Å². The molecule has 47 heavy (non-hydrogen) atoms. The first-order chi connectivity index (χ1) is 22.4. The molecule has 0 amide bonds. The molecular weight excluding hydrogens is 704 g/mol. The highest BCUT2D eigenvalue weighted by Crippen LogP contribution is 2.59. The van der Waals surface area contributed by atoms with Crippen molar-refractivity contribution in [3.63, 3.8) is 0 Å². The molecule has 25 heteroatoms. The maximum atomic E-state index is 13.8. The zero-order valence-electron chi connectivity index (χ0n) is 24.0. The Morgan fingerprint density at radius 3 is 2.47 bits per heavy atom. The number of nitrogen functional groups attached to an aromatic ring is 2. The van der Waals surface area contributed by atoms with Crippen LogP contribution in [0.2, 0.25) is 0 Å². The molecule has 7 rings (SSSR count). The number of aromatic amines is 1. The number of rotatable bonds is 4. The number of nitrogens with zero attached hydrogens (tertiary/aromatic N) is 7. The minimum atomic E-state index is -4.27. The quantitative estimate of drug-likeness (QED) is 0.101. The van der Waals surface area contributed by atoms with Gasteiger partial charge in [0.1, 0.15) is 36.3 Å². The Hall–Kier alpha value is -2.63. The molecule has 4 aromatic heterocycles. The van der Waals surface area contributed by atoms with E-state index in [4.69, 9.17) is 56.6 Å². The summed E-state index contributed by atoms with van der Waals surface area (Å²) < 4.78 is 52.2. The van der Waals surface area contributed by atoms with Gasteiger partial charge in [0.05, 0.1) is 32.0 Å². The summed E-state index contributed by atoms with van der Waals surface area (Å²) in [6, 6.07) is 0. The van der Waals surface area contributed by atoms with Crippen molar-refractivity contribution in [1.82, 2.24) is 39.0 Å². The van der Waals surface area contributed by atoms with Crippen molar-refractivity contribution in [1.29, 1.82) is 0 Å². The number of aromatic nitrogens is 8. The summed E-state index contributed by atoms with van der Waals surface area (Å²) in [6.45, 7) is -9.10. The van der Waals surface area contributed by atoms with Crippen molar-refractivity contribution in [2.24, 2.45) is 11.7 Å². The molecule has 21 nitrogen and oxygen atoms in total. The highest BCUT2D eigenvalue weighted by atomic mass is 32.7. The fraction of sp³-hybridized carbons (Fsp3) is 0.545. The molecule has 0 aromatic carbocycles. The number of ether oxygens (including phenoxy) is 2. The summed E-state index contributed by atoms with van der Waals surface area (Å²) in [4.78, 5) is 46.6. The van der Waals surface area contributed by atoms with Crippen LogP contribution in [0.15, 0.2) is 23.8 Å². The van der Waals surface area contributed by atoms with Gasteiger partial charge in [0.2, 0.25) is 5.95 Å². The van der Waals surface area contributed by atoms with Gasteiger partial charge in [0, 0.05) is 5.92 Å². The van der Waals surface area contributed by atoms with Crippen molar-refractivity contribution in [3.05, 3.63) is 29.3 Å². The molecule has 9 N–H and O–H groups in total. The first-order valence-electron chi connectivity index (χ1n) is 14.0. The molecule has 0 radical (unpaired) electrons. The van der Waals surface area contributed by atoms with E-state index in [0.29, 0.717) is 0 Å². The molecule has 3 aliphatic heterocycles. The maximum absolute atomic E-state index is 13.8. The number of nitrogens with two attached hydrogens (primary N) is 3. The molecule has 10 atom stereocenters. The van der Waals surface area contributed by atoms with Crippen LogP contribution in [0.4, 0.5) is 11.8 Å². The Labute approximate surface area is 274 Å². The number of hydrogen-bond donors (Lipinski definition) is 7. The lowest BCUT2D eigenvalue weighted by molar-refractivity contribution is -0.0584. The molecule has 3 aliphatic rings. The van der Waals surface area contributed by atoms with Gasteiger partial charge in [-0.2, -0.15) is 4.98 Å². The van der Waals surface area contributed by atoms with Gasteiger partial charge in [-0.1, -0.05) is 12.2 Å². The second-order valence-electron chi connectivity index (χ2n) is 10.9.